The van der Waals surface area contributed by atoms with Crippen molar-refractivity contribution in [1.29, 1.82) is 0 Å². The predicted molar refractivity (Wildman–Crippen MR) is 129 cm³/mol. The molecule has 170 valence electrons. The van der Waals surface area contributed by atoms with E-state index < -0.39 is 5.97 Å². The van der Waals surface area contributed by atoms with Crippen molar-refractivity contribution in [3.05, 3.63) is 106 Å². The van der Waals surface area contributed by atoms with E-state index in [1.807, 2.05) is 37.3 Å². The number of fused-ring (bicyclic) bond motifs is 1. The van der Waals surface area contributed by atoms with Crippen LogP contribution in [0.15, 0.2) is 66.9 Å². The molecule has 6 heteroatoms. The highest BCUT2D eigenvalue weighted by Gasteiger charge is 2.32. The summed E-state index contributed by atoms with van der Waals surface area (Å²) < 4.78 is 29.7. The fourth-order valence-electron chi connectivity index (χ4n) is 4.42. The summed E-state index contributed by atoms with van der Waals surface area (Å²) in [7, 11) is 0. The molecule has 34 heavy (non-hydrogen) atoms. The maximum absolute atomic E-state index is 15.8. The molecule has 1 saturated carbocycles. The summed E-state index contributed by atoms with van der Waals surface area (Å²) in [6.07, 6.45) is 6.02. The van der Waals surface area contributed by atoms with Crippen molar-refractivity contribution >= 4 is 34.1 Å². The zero-order valence-corrected chi connectivity index (χ0v) is 18.5. The molecule has 1 fully saturated rings. The molecule has 3 aromatic carbocycles. The Kier molecular flexibility index (Phi) is 5.57. The topological polar surface area (TPSA) is 66.0 Å². The van der Waals surface area contributed by atoms with Gasteiger partial charge in [-0.05, 0) is 89.4 Å². The third-order valence-electron chi connectivity index (χ3n) is 6.18. The van der Waals surface area contributed by atoms with Crippen molar-refractivity contribution in [2.75, 3.05) is 0 Å². The minimum atomic E-state index is -1.03. The standard InChI is InChI=1S/C28H22F2N2O2/c1-16-14-20(29)9-10-21(16)26(19-7-8-19)27(18-5-2-17(3-6-18)4-13-25(33)34)22-11-12-24-23(28(22)30)15-31-32-24/h2-6,9-15,19H,7-8H2,1H3,(H,31,32)(H,33,34)/b13-4+,27-26+. The lowest BCUT2D eigenvalue weighted by molar-refractivity contribution is -0.131. The number of aromatic nitrogens is 2. The molecule has 5 rings (SSSR count). The average molecular weight is 456 g/mol. The molecular formula is C28H22F2N2O2. The second-order valence-electron chi connectivity index (χ2n) is 8.57. The quantitative estimate of drug-likeness (QED) is 0.253. The second kappa shape index (κ2) is 8.71. The van der Waals surface area contributed by atoms with E-state index in [-0.39, 0.29) is 17.6 Å². The minimum absolute atomic E-state index is 0.241. The van der Waals surface area contributed by atoms with E-state index in [9.17, 15) is 9.18 Å². The Morgan fingerprint density at radius 2 is 1.79 bits per heavy atom. The van der Waals surface area contributed by atoms with E-state index in [0.29, 0.717) is 16.5 Å². The number of carboxylic acid groups (broad SMARTS) is 1. The van der Waals surface area contributed by atoms with Crippen LogP contribution < -0.4 is 0 Å². The molecule has 0 aliphatic heterocycles. The number of hydrogen-bond donors (Lipinski definition) is 2. The molecule has 0 unspecified atom stereocenters. The molecule has 0 spiro atoms. The van der Waals surface area contributed by atoms with Gasteiger partial charge in [0.05, 0.1) is 17.1 Å². The highest BCUT2D eigenvalue weighted by atomic mass is 19.1. The molecule has 0 amide bonds. The Morgan fingerprint density at radius 1 is 1.06 bits per heavy atom. The summed E-state index contributed by atoms with van der Waals surface area (Å²) in [5.74, 6) is -1.46. The van der Waals surface area contributed by atoms with Gasteiger partial charge in [0, 0.05) is 11.6 Å². The first-order chi connectivity index (χ1) is 16.4. The van der Waals surface area contributed by atoms with E-state index in [4.69, 9.17) is 5.11 Å². The summed E-state index contributed by atoms with van der Waals surface area (Å²) >= 11 is 0. The minimum Gasteiger partial charge on any atom is -0.478 e. The molecule has 4 aromatic rings. The van der Waals surface area contributed by atoms with Gasteiger partial charge >= 0.3 is 5.97 Å². The predicted octanol–water partition coefficient (Wildman–Crippen LogP) is 6.62. The van der Waals surface area contributed by atoms with Crippen molar-refractivity contribution in [2.45, 2.75) is 19.8 Å². The van der Waals surface area contributed by atoms with Crippen molar-refractivity contribution < 1.29 is 18.7 Å². The number of aromatic amines is 1. The van der Waals surface area contributed by atoms with E-state index in [0.717, 1.165) is 52.3 Å². The van der Waals surface area contributed by atoms with Gasteiger partial charge in [0.25, 0.3) is 0 Å². The molecule has 0 radical (unpaired) electrons. The van der Waals surface area contributed by atoms with Gasteiger partial charge in [-0.15, -0.1) is 0 Å². The van der Waals surface area contributed by atoms with Gasteiger partial charge in [0.15, 0.2) is 0 Å². The molecule has 1 aliphatic carbocycles. The van der Waals surface area contributed by atoms with Gasteiger partial charge in [-0.3, -0.25) is 5.10 Å². The highest BCUT2D eigenvalue weighted by molar-refractivity contribution is 6.02. The van der Waals surface area contributed by atoms with Gasteiger partial charge in [-0.2, -0.15) is 5.10 Å². The van der Waals surface area contributed by atoms with Gasteiger partial charge in [-0.1, -0.05) is 30.3 Å². The van der Waals surface area contributed by atoms with Crippen molar-refractivity contribution in [2.24, 2.45) is 5.92 Å². The zero-order valence-electron chi connectivity index (χ0n) is 18.5. The Hall–Kier alpha value is -4.06. The normalized spacial score (nSPS) is 14.6. The third kappa shape index (κ3) is 4.15. The number of nitrogens with zero attached hydrogens (tertiary/aromatic N) is 1. The SMILES string of the molecule is Cc1cc(F)ccc1/C(=C(\c1ccc(/C=C/C(=O)O)cc1)c1ccc2[nH]ncc2c1F)C1CC1. The van der Waals surface area contributed by atoms with E-state index >= 15 is 4.39 Å². The Morgan fingerprint density at radius 3 is 2.47 bits per heavy atom. The zero-order chi connectivity index (χ0) is 23.8. The van der Waals surface area contributed by atoms with Crippen LogP contribution in [0.5, 0.6) is 0 Å². The number of hydrogen-bond acceptors (Lipinski definition) is 2. The highest BCUT2D eigenvalue weighted by Crippen LogP contribution is 2.49. The van der Waals surface area contributed by atoms with Crippen LogP contribution in [-0.2, 0) is 4.79 Å². The van der Waals surface area contributed by atoms with Gasteiger partial charge in [-0.25, -0.2) is 13.6 Å². The fourth-order valence-corrected chi connectivity index (χ4v) is 4.42. The Bertz CT molecular complexity index is 1460. The van der Waals surface area contributed by atoms with Crippen LogP contribution >= 0.6 is 0 Å². The summed E-state index contributed by atoms with van der Waals surface area (Å²) in [6.45, 7) is 1.87. The van der Waals surface area contributed by atoms with Crippen LogP contribution in [0, 0.1) is 24.5 Å². The van der Waals surface area contributed by atoms with Crippen LogP contribution in [-0.4, -0.2) is 21.3 Å². The number of allylic oxidation sites excluding steroid dienone is 1. The molecule has 1 aromatic heterocycles. The first-order valence-corrected chi connectivity index (χ1v) is 11.1. The van der Waals surface area contributed by atoms with Crippen molar-refractivity contribution in [1.82, 2.24) is 10.2 Å². The molecule has 2 N–H and O–H groups in total. The van der Waals surface area contributed by atoms with E-state index in [1.165, 1.54) is 24.4 Å². The largest absolute Gasteiger partial charge is 0.478 e. The lowest BCUT2D eigenvalue weighted by Crippen LogP contribution is -2.02. The van der Waals surface area contributed by atoms with Crippen LogP contribution in [0.2, 0.25) is 0 Å². The maximum atomic E-state index is 15.8. The molecule has 4 nitrogen and oxygen atoms in total. The first-order valence-electron chi connectivity index (χ1n) is 11.1. The maximum Gasteiger partial charge on any atom is 0.328 e. The van der Waals surface area contributed by atoms with Crippen LogP contribution in [0.25, 0.3) is 28.1 Å². The number of carboxylic acids is 1. The summed E-state index contributed by atoms with van der Waals surface area (Å²) in [5, 5.41) is 16.1. The van der Waals surface area contributed by atoms with E-state index in [1.54, 1.807) is 12.1 Å². The second-order valence-corrected chi connectivity index (χ2v) is 8.57. The molecular weight excluding hydrogens is 434 g/mol. The van der Waals surface area contributed by atoms with Crippen molar-refractivity contribution in [3.63, 3.8) is 0 Å². The van der Waals surface area contributed by atoms with Gasteiger partial charge in [0.2, 0.25) is 0 Å². The third-order valence-corrected chi connectivity index (χ3v) is 6.18. The summed E-state index contributed by atoms with van der Waals surface area (Å²) in [4.78, 5) is 10.9. The number of aliphatic carboxylic acids is 1. The molecule has 1 heterocycles. The van der Waals surface area contributed by atoms with E-state index in [2.05, 4.69) is 10.2 Å². The van der Waals surface area contributed by atoms with Crippen LogP contribution in [0.4, 0.5) is 8.78 Å². The first kappa shape index (κ1) is 21.8. The number of benzene rings is 3. The smallest absolute Gasteiger partial charge is 0.328 e. The monoisotopic (exact) mass is 456 g/mol. The Balaban J connectivity index is 1.77. The van der Waals surface area contributed by atoms with Gasteiger partial charge in [0.1, 0.15) is 11.6 Å². The Labute approximate surface area is 195 Å². The van der Waals surface area contributed by atoms with Crippen LogP contribution in [0.1, 0.15) is 40.7 Å². The number of rotatable bonds is 6. The molecule has 0 atom stereocenters. The average Bonchev–Trinajstić information content (AvgIpc) is 3.53. The number of carbonyl (C=O) groups is 1. The molecule has 0 saturated heterocycles. The lowest BCUT2D eigenvalue weighted by atomic mass is 9.84. The lowest BCUT2D eigenvalue weighted by Gasteiger charge is -2.19. The number of H-pyrrole nitrogens is 1. The number of nitrogens with one attached hydrogen (secondary N) is 1. The van der Waals surface area contributed by atoms with Crippen LogP contribution in [0.3, 0.4) is 0 Å². The summed E-state index contributed by atoms with van der Waals surface area (Å²) in [5.41, 5.74) is 6.04. The summed E-state index contributed by atoms with van der Waals surface area (Å²) in [6, 6.07) is 15.7. The number of halogens is 2. The molecule has 0 bridgehead atoms. The molecule has 1 aliphatic rings. The fraction of sp³-hybridized carbons (Fsp3) is 0.143. The van der Waals surface area contributed by atoms with Gasteiger partial charge < -0.3 is 5.11 Å². The van der Waals surface area contributed by atoms with Crippen molar-refractivity contribution in [3.8, 4) is 0 Å². The number of aryl methyl sites for hydroxylation is 1.